The molecule has 3 atom stereocenters. The molecule has 2 unspecified atom stereocenters. The molecule has 4 rings (SSSR count). The second kappa shape index (κ2) is 11.6. The fourth-order valence-electron chi connectivity index (χ4n) is 4.66. The predicted molar refractivity (Wildman–Crippen MR) is 133 cm³/mol. The number of carbonyl (C=O) groups is 3. The van der Waals surface area contributed by atoms with Gasteiger partial charge in [0.1, 0.15) is 12.6 Å². The van der Waals surface area contributed by atoms with Gasteiger partial charge in [-0.25, -0.2) is 9.59 Å². The summed E-state index contributed by atoms with van der Waals surface area (Å²) >= 11 is 1.53. The predicted octanol–water partition coefficient (Wildman–Crippen LogP) is 3.25. The Bertz CT molecular complexity index is 1030. The highest BCUT2D eigenvalue weighted by Gasteiger charge is 2.33. The average molecular weight is 499 g/mol. The zero-order valence-electron chi connectivity index (χ0n) is 19.6. The van der Waals surface area contributed by atoms with Gasteiger partial charge < -0.3 is 25.2 Å². The zero-order chi connectivity index (χ0) is 24.8. The summed E-state index contributed by atoms with van der Waals surface area (Å²) in [6.45, 7) is 0.635. The Morgan fingerprint density at radius 2 is 1.77 bits per heavy atom. The van der Waals surface area contributed by atoms with Crippen molar-refractivity contribution in [2.75, 3.05) is 31.8 Å². The van der Waals surface area contributed by atoms with E-state index in [1.807, 2.05) is 30.5 Å². The number of amides is 2. The van der Waals surface area contributed by atoms with Crippen molar-refractivity contribution in [3.8, 4) is 11.1 Å². The maximum Gasteiger partial charge on any atom is 0.407 e. The standard InChI is InChI=1S/C26H30N2O6S/c1-35-11-10-23(25(30)31)28-24(29)16-12-17(33-14-16)13-27-26(32)34-15-22-20-8-4-2-6-18(20)19-7-3-5-9-21(19)22/h2-9,16-17,22-23H,10-15H2,1H3,(H,27,32)(H,28,29)(H,30,31)/t16?,17?,23-/m0/s1. The van der Waals surface area contributed by atoms with E-state index in [1.54, 1.807) is 0 Å². The topological polar surface area (TPSA) is 114 Å². The number of nitrogens with one attached hydrogen (secondary N) is 2. The first-order valence-electron chi connectivity index (χ1n) is 11.7. The summed E-state index contributed by atoms with van der Waals surface area (Å²) < 4.78 is 11.2. The van der Waals surface area contributed by atoms with E-state index in [0.29, 0.717) is 18.6 Å². The minimum atomic E-state index is -1.04. The highest BCUT2D eigenvalue weighted by molar-refractivity contribution is 7.98. The number of carbonyl (C=O) groups excluding carboxylic acids is 2. The largest absolute Gasteiger partial charge is 0.480 e. The highest BCUT2D eigenvalue weighted by atomic mass is 32.2. The van der Waals surface area contributed by atoms with Crippen LogP contribution >= 0.6 is 11.8 Å². The van der Waals surface area contributed by atoms with Gasteiger partial charge in [0.15, 0.2) is 0 Å². The Labute approximate surface area is 208 Å². The van der Waals surface area contributed by atoms with E-state index >= 15 is 0 Å². The van der Waals surface area contributed by atoms with Crippen molar-refractivity contribution < 1.29 is 29.0 Å². The van der Waals surface area contributed by atoms with Crippen LogP contribution in [0.2, 0.25) is 0 Å². The summed E-state index contributed by atoms with van der Waals surface area (Å²) in [5.41, 5.74) is 4.62. The molecule has 186 valence electrons. The van der Waals surface area contributed by atoms with Gasteiger partial charge in [-0.2, -0.15) is 11.8 Å². The fraction of sp³-hybridized carbons (Fsp3) is 0.423. The Kier molecular flexibility index (Phi) is 8.30. The molecule has 35 heavy (non-hydrogen) atoms. The summed E-state index contributed by atoms with van der Waals surface area (Å²) in [7, 11) is 0. The minimum absolute atomic E-state index is 0.0164. The molecule has 1 heterocycles. The van der Waals surface area contributed by atoms with Crippen molar-refractivity contribution in [3.63, 3.8) is 0 Å². The highest BCUT2D eigenvalue weighted by Crippen LogP contribution is 2.44. The third-order valence-electron chi connectivity index (χ3n) is 6.49. The van der Waals surface area contributed by atoms with Crippen LogP contribution in [0.4, 0.5) is 4.79 Å². The van der Waals surface area contributed by atoms with Gasteiger partial charge in [0.25, 0.3) is 0 Å². The molecule has 2 aliphatic rings. The van der Waals surface area contributed by atoms with Crippen molar-refractivity contribution in [1.82, 2.24) is 10.6 Å². The lowest BCUT2D eigenvalue weighted by Crippen LogP contribution is -2.44. The van der Waals surface area contributed by atoms with Crippen molar-refractivity contribution in [2.24, 2.45) is 5.92 Å². The van der Waals surface area contributed by atoms with Crippen molar-refractivity contribution >= 4 is 29.7 Å². The first-order chi connectivity index (χ1) is 17.0. The molecule has 9 heteroatoms. The SMILES string of the molecule is CSCC[C@H](NC(=O)C1COC(CNC(=O)OCC2c3ccccc3-c3ccccc32)C1)C(=O)O. The number of carboxylic acid groups (broad SMARTS) is 1. The zero-order valence-corrected chi connectivity index (χ0v) is 20.4. The number of hydrogen-bond acceptors (Lipinski definition) is 6. The molecule has 0 spiro atoms. The molecule has 0 radical (unpaired) electrons. The number of alkyl carbamates (subject to hydrolysis) is 1. The Balaban J connectivity index is 1.23. The molecule has 1 aliphatic carbocycles. The molecule has 0 aromatic heterocycles. The molecule has 2 aromatic rings. The van der Waals surface area contributed by atoms with Crippen molar-refractivity contribution in [1.29, 1.82) is 0 Å². The monoisotopic (exact) mass is 498 g/mol. The summed E-state index contributed by atoms with van der Waals surface area (Å²) in [4.78, 5) is 36.2. The first kappa shape index (κ1) is 25.1. The van der Waals surface area contributed by atoms with E-state index < -0.39 is 24.0 Å². The Morgan fingerprint density at radius 1 is 1.11 bits per heavy atom. The number of carboxylic acids is 1. The molecule has 3 N–H and O–H groups in total. The van der Waals surface area contributed by atoms with E-state index in [0.717, 1.165) is 11.1 Å². The molecule has 0 bridgehead atoms. The van der Waals surface area contributed by atoms with E-state index in [9.17, 15) is 19.5 Å². The second-order valence-electron chi connectivity index (χ2n) is 8.78. The number of ether oxygens (including phenoxy) is 2. The van der Waals surface area contributed by atoms with Crippen LogP contribution in [0.15, 0.2) is 48.5 Å². The molecule has 2 aromatic carbocycles. The normalized spacial score (nSPS) is 19.5. The Morgan fingerprint density at radius 3 is 2.40 bits per heavy atom. The maximum atomic E-state index is 12.5. The van der Waals surface area contributed by atoms with Gasteiger partial charge in [-0.1, -0.05) is 48.5 Å². The summed E-state index contributed by atoms with van der Waals surface area (Å²) in [6.07, 6.45) is 1.79. The Hall–Kier alpha value is -3.04. The van der Waals surface area contributed by atoms with E-state index in [4.69, 9.17) is 9.47 Å². The fourth-order valence-corrected chi connectivity index (χ4v) is 5.13. The second-order valence-corrected chi connectivity index (χ2v) is 9.76. The number of aliphatic carboxylic acids is 1. The van der Waals surface area contributed by atoms with Crippen LogP contribution in [0.5, 0.6) is 0 Å². The van der Waals surface area contributed by atoms with Gasteiger partial charge in [-0.3, -0.25) is 4.79 Å². The van der Waals surface area contributed by atoms with Crippen LogP contribution in [0.3, 0.4) is 0 Å². The maximum absolute atomic E-state index is 12.5. The number of hydrogen-bond donors (Lipinski definition) is 3. The molecular weight excluding hydrogens is 468 g/mol. The summed E-state index contributed by atoms with van der Waals surface area (Å²) in [5.74, 6) is -1.19. The van der Waals surface area contributed by atoms with Gasteiger partial charge >= 0.3 is 12.1 Å². The lowest BCUT2D eigenvalue weighted by atomic mass is 9.98. The minimum Gasteiger partial charge on any atom is -0.480 e. The number of thioether (sulfide) groups is 1. The van der Waals surface area contributed by atoms with Crippen LogP contribution in [0.25, 0.3) is 11.1 Å². The van der Waals surface area contributed by atoms with Gasteiger partial charge in [-0.15, -0.1) is 0 Å². The molecule has 1 saturated heterocycles. The third-order valence-corrected chi connectivity index (χ3v) is 7.14. The third kappa shape index (κ3) is 5.97. The molecular formula is C26H30N2O6S. The molecule has 0 saturated carbocycles. The quantitative estimate of drug-likeness (QED) is 0.461. The summed E-state index contributed by atoms with van der Waals surface area (Å²) in [5, 5.41) is 14.6. The number of benzene rings is 2. The smallest absolute Gasteiger partial charge is 0.407 e. The first-order valence-corrected chi connectivity index (χ1v) is 13.1. The van der Waals surface area contributed by atoms with E-state index in [-0.39, 0.29) is 37.7 Å². The van der Waals surface area contributed by atoms with E-state index in [1.165, 1.54) is 22.9 Å². The lowest BCUT2D eigenvalue weighted by Gasteiger charge is -2.17. The van der Waals surface area contributed by atoms with Crippen molar-refractivity contribution in [3.05, 3.63) is 59.7 Å². The average Bonchev–Trinajstić information content (AvgIpc) is 3.47. The summed E-state index contributed by atoms with van der Waals surface area (Å²) in [6, 6.07) is 15.4. The number of rotatable bonds is 10. The van der Waals surface area contributed by atoms with Gasteiger partial charge in [-0.05, 0) is 47.1 Å². The van der Waals surface area contributed by atoms with Crippen molar-refractivity contribution in [2.45, 2.75) is 30.9 Å². The molecule has 1 aliphatic heterocycles. The van der Waals surface area contributed by atoms with E-state index in [2.05, 4.69) is 34.9 Å². The lowest BCUT2D eigenvalue weighted by molar-refractivity contribution is -0.142. The van der Waals surface area contributed by atoms with Crippen LogP contribution in [0.1, 0.15) is 29.9 Å². The van der Waals surface area contributed by atoms with Gasteiger partial charge in [0.2, 0.25) is 5.91 Å². The molecule has 2 amide bonds. The molecule has 8 nitrogen and oxygen atoms in total. The van der Waals surface area contributed by atoms with Gasteiger partial charge in [0.05, 0.1) is 18.6 Å². The number of fused-ring (bicyclic) bond motifs is 3. The van der Waals surface area contributed by atoms with Crippen LogP contribution in [-0.2, 0) is 19.1 Å². The van der Waals surface area contributed by atoms with Crippen LogP contribution < -0.4 is 10.6 Å². The van der Waals surface area contributed by atoms with Crippen LogP contribution in [0, 0.1) is 5.92 Å². The molecule has 1 fully saturated rings. The van der Waals surface area contributed by atoms with Crippen LogP contribution in [-0.4, -0.2) is 67.0 Å². The van der Waals surface area contributed by atoms with Gasteiger partial charge in [0, 0.05) is 12.5 Å².